The van der Waals surface area contributed by atoms with Crippen molar-refractivity contribution in [3.05, 3.63) is 66.0 Å². The molecule has 4 rings (SSSR count). The first-order valence-corrected chi connectivity index (χ1v) is 8.88. The number of nitrogens with one attached hydrogen (secondary N) is 2. The smallest absolute Gasteiger partial charge is 0.262 e. The number of carbonyl (C=O) groups is 2. The number of ether oxygens (including phenoxy) is 1. The summed E-state index contributed by atoms with van der Waals surface area (Å²) in [5.41, 5.74) is 2.55. The lowest BCUT2D eigenvalue weighted by Gasteiger charge is -2.25. The van der Waals surface area contributed by atoms with Crippen LogP contribution in [-0.2, 0) is 9.59 Å². The number of anilines is 2. The summed E-state index contributed by atoms with van der Waals surface area (Å²) in [5, 5.41) is 9.71. The fourth-order valence-corrected chi connectivity index (χ4v) is 3.20. The lowest BCUT2D eigenvalue weighted by Crippen LogP contribution is -2.29. The quantitative estimate of drug-likeness (QED) is 0.712. The van der Waals surface area contributed by atoms with Gasteiger partial charge in [-0.05, 0) is 30.7 Å². The van der Waals surface area contributed by atoms with Crippen LogP contribution in [0.2, 0.25) is 0 Å². The van der Waals surface area contributed by atoms with Gasteiger partial charge in [0.25, 0.3) is 5.91 Å². The number of fused-ring (bicyclic) bond motifs is 1. The first-order valence-electron chi connectivity index (χ1n) is 8.88. The summed E-state index contributed by atoms with van der Waals surface area (Å²) in [6.07, 6.45) is 1.61. The van der Waals surface area contributed by atoms with Crippen molar-refractivity contribution in [2.75, 3.05) is 17.2 Å². The molecule has 0 bridgehead atoms. The molecule has 0 spiro atoms. The zero-order chi connectivity index (χ0) is 19.5. The van der Waals surface area contributed by atoms with E-state index in [9.17, 15) is 9.59 Å². The molecule has 1 aliphatic rings. The van der Waals surface area contributed by atoms with Crippen molar-refractivity contribution in [3.63, 3.8) is 0 Å². The van der Waals surface area contributed by atoms with E-state index in [1.165, 1.54) is 6.33 Å². The van der Waals surface area contributed by atoms with Gasteiger partial charge in [0.2, 0.25) is 11.9 Å². The maximum absolute atomic E-state index is 12.3. The highest BCUT2D eigenvalue weighted by atomic mass is 16.5. The zero-order valence-corrected chi connectivity index (χ0v) is 15.3. The van der Waals surface area contributed by atoms with E-state index in [0.717, 1.165) is 16.8 Å². The van der Waals surface area contributed by atoms with Crippen molar-refractivity contribution >= 4 is 23.5 Å². The molecule has 1 atom stereocenters. The molecule has 3 aromatic rings. The number of rotatable bonds is 5. The fraction of sp³-hybridized carbons (Fsp3) is 0.200. The summed E-state index contributed by atoms with van der Waals surface area (Å²) in [4.78, 5) is 28.3. The van der Waals surface area contributed by atoms with Gasteiger partial charge in [0, 0.05) is 11.3 Å². The fourth-order valence-electron chi connectivity index (χ4n) is 3.20. The standard InChI is InChI=1S/C20H19N5O3/c1-13-5-4-6-14(9-13)23-19(27)11-28-17-8-3-2-7-15(17)16-10-18(26)24-20-21-12-22-25(16)20/h2-9,12,16H,10-11H2,1H3,(H,23,27)(H,21,22,24,26)/t16-/m1/s1. The Morgan fingerprint density at radius 3 is 3.00 bits per heavy atom. The van der Waals surface area contributed by atoms with Gasteiger partial charge in [0.15, 0.2) is 6.61 Å². The van der Waals surface area contributed by atoms with Crippen LogP contribution in [0.4, 0.5) is 11.6 Å². The summed E-state index contributed by atoms with van der Waals surface area (Å²) in [6, 6.07) is 14.5. The lowest BCUT2D eigenvalue weighted by molar-refractivity contribution is -0.118. The summed E-state index contributed by atoms with van der Waals surface area (Å²) in [6.45, 7) is 1.81. The highest BCUT2D eigenvalue weighted by Gasteiger charge is 2.29. The number of para-hydroxylation sites is 1. The van der Waals surface area contributed by atoms with Crippen LogP contribution in [0.15, 0.2) is 54.9 Å². The molecule has 8 nitrogen and oxygen atoms in total. The van der Waals surface area contributed by atoms with Crippen LogP contribution < -0.4 is 15.4 Å². The van der Waals surface area contributed by atoms with E-state index in [0.29, 0.717) is 11.7 Å². The van der Waals surface area contributed by atoms with E-state index in [2.05, 4.69) is 20.7 Å². The number of hydrogen-bond acceptors (Lipinski definition) is 5. The molecular weight excluding hydrogens is 358 g/mol. The van der Waals surface area contributed by atoms with Gasteiger partial charge in [0.1, 0.15) is 12.1 Å². The van der Waals surface area contributed by atoms with Crippen molar-refractivity contribution < 1.29 is 14.3 Å². The molecule has 2 amide bonds. The summed E-state index contributed by atoms with van der Waals surface area (Å²) < 4.78 is 7.43. The van der Waals surface area contributed by atoms with Crippen LogP contribution in [-0.4, -0.2) is 33.2 Å². The topological polar surface area (TPSA) is 98.1 Å². The average Bonchev–Trinajstić information content (AvgIpc) is 3.14. The minimum atomic E-state index is -0.345. The van der Waals surface area contributed by atoms with Gasteiger partial charge in [-0.25, -0.2) is 4.68 Å². The third-order valence-electron chi connectivity index (χ3n) is 4.44. The van der Waals surface area contributed by atoms with E-state index in [4.69, 9.17) is 4.74 Å². The highest BCUT2D eigenvalue weighted by molar-refractivity contribution is 5.92. The second-order valence-electron chi connectivity index (χ2n) is 6.54. The van der Waals surface area contributed by atoms with Crippen LogP contribution in [0.5, 0.6) is 5.75 Å². The number of aryl methyl sites for hydroxylation is 1. The van der Waals surface area contributed by atoms with Crippen molar-refractivity contribution in [1.82, 2.24) is 14.8 Å². The number of aromatic nitrogens is 3. The molecule has 1 aliphatic heterocycles. The average molecular weight is 377 g/mol. The van der Waals surface area contributed by atoms with Crippen LogP contribution in [0, 0.1) is 6.92 Å². The van der Waals surface area contributed by atoms with Crippen LogP contribution in [0.3, 0.4) is 0 Å². The van der Waals surface area contributed by atoms with Gasteiger partial charge in [-0.3, -0.25) is 14.9 Å². The molecule has 2 heterocycles. The Morgan fingerprint density at radius 2 is 2.14 bits per heavy atom. The maximum atomic E-state index is 12.3. The Labute approximate surface area is 161 Å². The summed E-state index contributed by atoms with van der Waals surface area (Å²) >= 11 is 0. The second-order valence-corrected chi connectivity index (χ2v) is 6.54. The number of carbonyl (C=O) groups excluding carboxylic acids is 2. The zero-order valence-electron chi connectivity index (χ0n) is 15.3. The van der Waals surface area contributed by atoms with Crippen molar-refractivity contribution in [2.24, 2.45) is 0 Å². The molecule has 142 valence electrons. The number of hydrogen-bond donors (Lipinski definition) is 2. The third-order valence-corrected chi connectivity index (χ3v) is 4.44. The number of amides is 2. The molecule has 0 radical (unpaired) electrons. The highest BCUT2D eigenvalue weighted by Crippen LogP contribution is 2.34. The molecule has 8 heteroatoms. The number of benzene rings is 2. The SMILES string of the molecule is Cc1cccc(NC(=O)COc2ccccc2[C@H]2CC(=O)Nc3ncnn32)c1. The van der Waals surface area contributed by atoms with Gasteiger partial charge in [-0.15, -0.1) is 0 Å². The molecule has 2 aromatic carbocycles. The van der Waals surface area contributed by atoms with Gasteiger partial charge < -0.3 is 10.1 Å². The van der Waals surface area contributed by atoms with E-state index in [1.54, 1.807) is 10.7 Å². The first-order chi connectivity index (χ1) is 13.6. The number of nitrogens with zero attached hydrogens (tertiary/aromatic N) is 3. The molecule has 2 N–H and O–H groups in total. The molecule has 0 saturated heterocycles. The lowest BCUT2D eigenvalue weighted by atomic mass is 10.0. The molecule has 0 fully saturated rings. The van der Waals surface area contributed by atoms with Crippen LogP contribution in [0.25, 0.3) is 0 Å². The van der Waals surface area contributed by atoms with E-state index >= 15 is 0 Å². The minimum Gasteiger partial charge on any atom is -0.483 e. The van der Waals surface area contributed by atoms with E-state index < -0.39 is 0 Å². The largest absolute Gasteiger partial charge is 0.483 e. The maximum Gasteiger partial charge on any atom is 0.262 e. The normalized spacial score (nSPS) is 15.5. The Morgan fingerprint density at radius 1 is 1.29 bits per heavy atom. The van der Waals surface area contributed by atoms with E-state index in [1.807, 2.05) is 49.4 Å². The van der Waals surface area contributed by atoms with Crippen LogP contribution >= 0.6 is 0 Å². The van der Waals surface area contributed by atoms with Gasteiger partial charge in [-0.1, -0.05) is 30.3 Å². The summed E-state index contributed by atoms with van der Waals surface area (Å²) in [7, 11) is 0. The molecule has 28 heavy (non-hydrogen) atoms. The third kappa shape index (κ3) is 3.71. The Kier molecular flexibility index (Phi) is 4.76. The first kappa shape index (κ1) is 17.7. The molecular formula is C20H19N5O3. The molecule has 1 aromatic heterocycles. The Hall–Kier alpha value is -3.68. The molecule has 0 saturated carbocycles. The van der Waals surface area contributed by atoms with E-state index in [-0.39, 0.29) is 30.9 Å². The van der Waals surface area contributed by atoms with Crippen molar-refractivity contribution in [2.45, 2.75) is 19.4 Å². The Bertz CT molecular complexity index is 1030. The minimum absolute atomic E-state index is 0.141. The monoisotopic (exact) mass is 377 g/mol. The van der Waals surface area contributed by atoms with Crippen molar-refractivity contribution in [1.29, 1.82) is 0 Å². The van der Waals surface area contributed by atoms with Gasteiger partial charge >= 0.3 is 0 Å². The predicted octanol–water partition coefficient (Wildman–Crippen LogP) is 2.54. The molecule has 0 aliphatic carbocycles. The second kappa shape index (κ2) is 7.51. The predicted molar refractivity (Wildman–Crippen MR) is 103 cm³/mol. The van der Waals surface area contributed by atoms with Gasteiger partial charge in [-0.2, -0.15) is 10.1 Å². The molecule has 0 unspecified atom stereocenters. The van der Waals surface area contributed by atoms with Gasteiger partial charge in [0.05, 0.1) is 12.5 Å². The Balaban J connectivity index is 1.50. The van der Waals surface area contributed by atoms with Crippen LogP contribution in [0.1, 0.15) is 23.6 Å². The van der Waals surface area contributed by atoms with Crippen molar-refractivity contribution in [3.8, 4) is 5.75 Å². The summed E-state index contributed by atoms with van der Waals surface area (Å²) in [5.74, 6) is 0.525.